The number of aromatic nitrogens is 2. The number of nitrogens with one attached hydrogen (secondary N) is 1. The molecule has 0 aliphatic rings. The third kappa shape index (κ3) is 6.80. The van der Waals surface area contributed by atoms with Crippen molar-refractivity contribution in [2.24, 2.45) is 12.0 Å². The maximum Gasteiger partial charge on any atom is 0.193 e. The summed E-state index contributed by atoms with van der Waals surface area (Å²) in [4.78, 5) is 9.17. The molecule has 0 saturated carbocycles. The van der Waals surface area contributed by atoms with Crippen molar-refractivity contribution in [1.29, 1.82) is 0 Å². The molecule has 0 unspecified atom stereocenters. The lowest BCUT2D eigenvalue weighted by molar-refractivity contribution is 0.473. The van der Waals surface area contributed by atoms with Gasteiger partial charge in [0.05, 0.1) is 5.69 Å². The number of rotatable bonds is 9. The second kappa shape index (κ2) is 10.9. The molecule has 2 aromatic rings. The lowest BCUT2D eigenvalue weighted by Gasteiger charge is -2.22. The average molecular weight is 399 g/mol. The van der Waals surface area contributed by atoms with Crippen LogP contribution in [0.1, 0.15) is 49.9 Å². The van der Waals surface area contributed by atoms with Gasteiger partial charge in [0.15, 0.2) is 5.96 Å². The van der Waals surface area contributed by atoms with Crippen LogP contribution in [-0.4, -0.2) is 54.9 Å². The Morgan fingerprint density at radius 1 is 1.17 bits per heavy atom. The minimum Gasteiger partial charge on any atom is -0.378 e. The highest BCUT2D eigenvalue weighted by atomic mass is 15.3. The molecule has 0 aliphatic heterocycles. The Labute approximate surface area is 176 Å². The van der Waals surface area contributed by atoms with Crippen LogP contribution in [0.25, 0.3) is 0 Å². The van der Waals surface area contributed by atoms with Gasteiger partial charge in [-0.05, 0) is 43.4 Å². The van der Waals surface area contributed by atoms with E-state index in [-0.39, 0.29) is 0 Å². The van der Waals surface area contributed by atoms with E-state index in [2.05, 4.69) is 92.6 Å². The largest absolute Gasteiger partial charge is 0.378 e. The van der Waals surface area contributed by atoms with Gasteiger partial charge in [-0.2, -0.15) is 5.10 Å². The van der Waals surface area contributed by atoms with Crippen LogP contribution < -0.4 is 10.2 Å². The number of anilines is 1. The van der Waals surface area contributed by atoms with Crippen LogP contribution in [0.5, 0.6) is 0 Å². The first-order valence-electron chi connectivity index (χ1n) is 10.6. The van der Waals surface area contributed by atoms with Crippen LogP contribution in [0.4, 0.5) is 5.69 Å². The van der Waals surface area contributed by atoms with Gasteiger partial charge in [0, 0.05) is 65.3 Å². The smallest absolute Gasteiger partial charge is 0.193 e. The SMILES string of the molecule is CCNC(=NCCCc1ccc(N(C)C)cc1)N(C)Cc1cn(C)nc1C(C)C. The van der Waals surface area contributed by atoms with E-state index in [4.69, 9.17) is 4.99 Å². The monoisotopic (exact) mass is 398 g/mol. The zero-order chi connectivity index (χ0) is 21.4. The van der Waals surface area contributed by atoms with Gasteiger partial charge in [-0.3, -0.25) is 9.67 Å². The first kappa shape index (κ1) is 22.8. The first-order chi connectivity index (χ1) is 13.8. The van der Waals surface area contributed by atoms with Crippen molar-refractivity contribution in [3.05, 3.63) is 47.3 Å². The van der Waals surface area contributed by atoms with Gasteiger partial charge in [0.25, 0.3) is 0 Å². The highest BCUT2D eigenvalue weighted by Gasteiger charge is 2.15. The molecule has 0 bridgehead atoms. The molecule has 6 nitrogen and oxygen atoms in total. The van der Waals surface area contributed by atoms with E-state index < -0.39 is 0 Å². The number of hydrogen-bond acceptors (Lipinski definition) is 3. The summed E-state index contributed by atoms with van der Waals surface area (Å²) in [7, 11) is 8.22. The fraction of sp³-hybridized carbons (Fsp3) is 0.565. The third-order valence-electron chi connectivity index (χ3n) is 4.93. The molecule has 1 heterocycles. The van der Waals surface area contributed by atoms with Crippen molar-refractivity contribution in [2.45, 2.75) is 46.1 Å². The van der Waals surface area contributed by atoms with Crippen LogP contribution in [0, 0.1) is 0 Å². The molecule has 2 rings (SSSR count). The standard InChI is InChI=1S/C23H38N6/c1-8-24-23(28(6)16-20-17-29(7)26-22(20)18(2)3)25-15-9-10-19-11-13-21(14-12-19)27(4)5/h11-14,17-18H,8-10,15-16H2,1-7H3,(H,24,25). The molecule has 0 saturated heterocycles. The van der Waals surface area contributed by atoms with Gasteiger partial charge in [0.2, 0.25) is 0 Å². The minimum absolute atomic E-state index is 0.415. The summed E-state index contributed by atoms with van der Waals surface area (Å²) in [5, 5.41) is 8.04. The highest BCUT2D eigenvalue weighted by Crippen LogP contribution is 2.18. The van der Waals surface area contributed by atoms with E-state index in [1.807, 2.05) is 11.7 Å². The van der Waals surface area contributed by atoms with Gasteiger partial charge in [-0.25, -0.2) is 0 Å². The number of benzene rings is 1. The molecule has 0 atom stereocenters. The van der Waals surface area contributed by atoms with Crippen LogP contribution in [0.15, 0.2) is 35.5 Å². The Morgan fingerprint density at radius 3 is 2.45 bits per heavy atom. The summed E-state index contributed by atoms with van der Waals surface area (Å²) in [5.74, 6) is 1.37. The maximum atomic E-state index is 4.85. The van der Waals surface area contributed by atoms with Crippen molar-refractivity contribution >= 4 is 11.6 Å². The number of hydrogen-bond donors (Lipinski definition) is 1. The van der Waals surface area contributed by atoms with Crippen LogP contribution in [-0.2, 0) is 20.0 Å². The first-order valence-corrected chi connectivity index (χ1v) is 10.6. The second-order valence-electron chi connectivity index (χ2n) is 8.12. The summed E-state index contributed by atoms with van der Waals surface area (Å²) in [5.41, 5.74) is 5.02. The number of guanidine groups is 1. The molecular weight excluding hydrogens is 360 g/mol. The van der Waals surface area contributed by atoms with Gasteiger partial charge < -0.3 is 15.1 Å². The predicted octanol–water partition coefficient (Wildman–Crippen LogP) is 3.64. The molecule has 0 spiro atoms. The molecular formula is C23H38N6. The van der Waals surface area contributed by atoms with Crippen LogP contribution in [0.2, 0.25) is 0 Å². The zero-order valence-corrected chi connectivity index (χ0v) is 19.2. The zero-order valence-electron chi connectivity index (χ0n) is 19.2. The molecule has 0 aliphatic carbocycles. The molecule has 29 heavy (non-hydrogen) atoms. The molecule has 1 N–H and O–H groups in total. The summed E-state index contributed by atoms with van der Waals surface area (Å²) in [6.07, 6.45) is 4.20. The molecule has 160 valence electrons. The average Bonchev–Trinajstić information content (AvgIpc) is 3.05. The minimum atomic E-state index is 0.415. The van der Waals surface area contributed by atoms with Crippen LogP contribution >= 0.6 is 0 Å². The number of aryl methyl sites for hydroxylation is 2. The normalized spacial score (nSPS) is 11.8. The van der Waals surface area contributed by atoms with Crippen molar-refractivity contribution in [3.8, 4) is 0 Å². The van der Waals surface area contributed by atoms with Gasteiger partial charge in [0.1, 0.15) is 0 Å². The topological polar surface area (TPSA) is 48.7 Å². The Morgan fingerprint density at radius 2 is 1.86 bits per heavy atom. The van der Waals surface area contributed by atoms with Crippen molar-refractivity contribution in [2.75, 3.05) is 39.1 Å². The number of aliphatic imine (C=N–C) groups is 1. The lowest BCUT2D eigenvalue weighted by Crippen LogP contribution is -2.38. The molecule has 1 aromatic carbocycles. The Kier molecular flexibility index (Phi) is 8.55. The van der Waals surface area contributed by atoms with Crippen LogP contribution in [0.3, 0.4) is 0 Å². The van der Waals surface area contributed by atoms with E-state index in [1.165, 1.54) is 16.8 Å². The van der Waals surface area contributed by atoms with E-state index in [1.54, 1.807) is 0 Å². The highest BCUT2D eigenvalue weighted by molar-refractivity contribution is 5.79. The van der Waals surface area contributed by atoms with Crippen molar-refractivity contribution in [1.82, 2.24) is 20.0 Å². The fourth-order valence-electron chi connectivity index (χ4n) is 3.39. The van der Waals surface area contributed by atoms with E-state index in [0.29, 0.717) is 5.92 Å². The van der Waals surface area contributed by atoms with Gasteiger partial charge >= 0.3 is 0 Å². The fourth-order valence-corrected chi connectivity index (χ4v) is 3.39. The summed E-state index contributed by atoms with van der Waals surface area (Å²) < 4.78 is 1.91. The van der Waals surface area contributed by atoms with E-state index >= 15 is 0 Å². The molecule has 6 heteroatoms. The molecule has 0 radical (unpaired) electrons. The predicted molar refractivity (Wildman–Crippen MR) is 124 cm³/mol. The Hall–Kier alpha value is -2.50. The number of nitrogens with zero attached hydrogens (tertiary/aromatic N) is 5. The molecule has 0 amide bonds. The molecule has 1 aromatic heterocycles. The van der Waals surface area contributed by atoms with Crippen molar-refractivity contribution in [3.63, 3.8) is 0 Å². The summed E-state index contributed by atoms with van der Waals surface area (Å²) in [6.45, 7) is 8.97. The Bertz CT molecular complexity index is 773. The maximum absolute atomic E-state index is 4.85. The summed E-state index contributed by atoms with van der Waals surface area (Å²) in [6, 6.07) is 8.78. The Balaban J connectivity index is 1.94. The lowest BCUT2D eigenvalue weighted by atomic mass is 10.1. The quantitative estimate of drug-likeness (QED) is 0.398. The van der Waals surface area contributed by atoms with E-state index in [9.17, 15) is 0 Å². The molecule has 0 fully saturated rings. The van der Waals surface area contributed by atoms with Gasteiger partial charge in [-0.1, -0.05) is 26.0 Å². The second-order valence-corrected chi connectivity index (χ2v) is 8.12. The summed E-state index contributed by atoms with van der Waals surface area (Å²) >= 11 is 0. The van der Waals surface area contributed by atoms with E-state index in [0.717, 1.165) is 44.1 Å². The van der Waals surface area contributed by atoms with Gasteiger partial charge in [-0.15, -0.1) is 0 Å². The van der Waals surface area contributed by atoms with Crippen molar-refractivity contribution < 1.29 is 0 Å². The third-order valence-corrected chi connectivity index (χ3v) is 4.93.